The SMILES string of the molecule is COc1ccc(COc2cc(-c3ncccc3OS(=O)(=O)C(F)(F)F)ccc2Cl)cc1. The van der Waals surface area contributed by atoms with E-state index in [1.54, 1.807) is 31.4 Å². The molecule has 0 fully saturated rings. The van der Waals surface area contributed by atoms with E-state index < -0.39 is 21.4 Å². The molecule has 3 aromatic rings. The molecule has 164 valence electrons. The quantitative estimate of drug-likeness (QED) is 0.346. The summed E-state index contributed by atoms with van der Waals surface area (Å²) in [6.45, 7) is 0.154. The first kappa shape index (κ1) is 22.7. The normalized spacial score (nSPS) is 11.8. The lowest BCUT2D eigenvalue weighted by atomic mass is 10.1. The highest BCUT2D eigenvalue weighted by molar-refractivity contribution is 7.88. The van der Waals surface area contributed by atoms with Crippen molar-refractivity contribution in [3.8, 4) is 28.5 Å². The summed E-state index contributed by atoms with van der Waals surface area (Å²) in [5.74, 6) is 0.328. The predicted octanol–water partition coefficient (Wildman–Crippen LogP) is 5.22. The van der Waals surface area contributed by atoms with Crippen molar-refractivity contribution in [3.05, 3.63) is 71.4 Å². The molecule has 0 unspecified atom stereocenters. The maximum absolute atomic E-state index is 12.7. The minimum absolute atomic E-state index is 0.124. The van der Waals surface area contributed by atoms with E-state index >= 15 is 0 Å². The molecular formula is C20H15ClF3NO5S. The Balaban J connectivity index is 1.87. The van der Waals surface area contributed by atoms with Crippen molar-refractivity contribution in [1.82, 2.24) is 4.98 Å². The van der Waals surface area contributed by atoms with E-state index in [0.29, 0.717) is 5.75 Å². The number of ether oxygens (including phenoxy) is 2. The van der Waals surface area contributed by atoms with Gasteiger partial charge in [0.2, 0.25) is 0 Å². The molecule has 0 amide bonds. The van der Waals surface area contributed by atoms with Crippen LogP contribution < -0.4 is 13.7 Å². The average molecular weight is 474 g/mol. The number of hydrogen-bond donors (Lipinski definition) is 0. The molecule has 0 aliphatic heterocycles. The van der Waals surface area contributed by atoms with E-state index in [1.807, 2.05) is 0 Å². The van der Waals surface area contributed by atoms with Crippen molar-refractivity contribution in [2.75, 3.05) is 7.11 Å². The third-order valence-corrected chi connectivity index (χ3v) is 5.29. The van der Waals surface area contributed by atoms with E-state index in [0.717, 1.165) is 11.6 Å². The summed E-state index contributed by atoms with van der Waals surface area (Å²) in [6.07, 6.45) is 1.29. The minimum Gasteiger partial charge on any atom is -0.497 e. The number of aromatic nitrogens is 1. The van der Waals surface area contributed by atoms with Crippen LogP contribution in [-0.4, -0.2) is 26.0 Å². The van der Waals surface area contributed by atoms with Crippen molar-refractivity contribution < 1.29 is 35.2 Å². The zero-order chi connectivity index (χ0) is 22.6. The van der Waals surface area contributed by atoms with Crippen molar-refractivity contribution >= 4 is 21.7 Å². The number of nitrogens with zero attached hydrogens (tertiary/aromatic N) is 1. The Kier molecular flexibility index (Phi) is 6.61. The molecule has 6 nitrogen and oxygen atoms in total. The standard InChI is InChI=1S/C20H15ClF3NO5S/c1-28-15-7-4-13(5-8-15)12-29-18-11-14(6-9-16(18)21)19-17(3-2-10-25-19)30-31(26,27)20(22,23)24/h2-11H,12H2,1H3. The van der Waals surface area contributed by atoms with Gasteiger partial charge in [-0.1, -0.05) is 29.8 Å². The second-order valence-corrected chi connectivity index (χ2v) is 8.06. The second kappa shape index (κ2) is 9.03. The number of benzene rings is 2. The topological polar surface area (TPSA) is 74.7 Å². The lowest BCUT2D eigenvalue weighted by Crippen LogP contribution is -2.28. The van der Waals surface area contributed by atoms with Crippen LogP contribution in [0.5, 0.6) is 17.2 Å². The van der Waals surface area contributed by atoms with E-state index in [4.69, 9.17) is 21.1 Å². The Morgan fingerprint density at radius 3 is 2.39 bits per heavy atom. The van der Waals surface area contributed by atoms with E-state index in [1.165, 1.54) is 30.5 Å². The van der Waals surface area contributed by atoms with Gasteiger partial charge in [0.1, 0.15) is 23.8 Å². The largest absolute Gasteiger partial charge is 0.534 e. The molecule has 0 aliphatic carbocycles. The van der Waals surface area contributed by atoms with Gasteiger partial charge in [-0.15, -0.1) is 0 Å². The van der Waals surface area contributed by atoms with Crippen molar-refractivity contribution in [2.24, 2.45) is 0 Å². The smallest absolute Gasteiger partial charge is 0.497 e. The van der Waals surface area contributed by atoms with Gasteiger partial charge in [0.15, 0.2) is 5.75 Å². The number of alkyl halides is 3. The van der Waals surface area contributed by atoms with Crippen LogP contribution in [0.25, 0.3) is 11.3 Å². The van der Waals surface area contributed by atoms with Gasteiger partial charge in [0, 0.05) is 11.8 Å². The Labute approximate surface area is 181 Å². The van der Waals surface area contributed by atoms with E-state index in [2.05, 4.69) is 9.17 Å². The fourth-order valence-corrected chi connectivity index (χ4v) is 3.12. The van der Waals surface area contributed by atoms with Crippen LogP contribution in [0.4, 0.5) is 13.2 Å². The maximum atomic E-state index is 12.7. The Morgan fingerprint density at radius 2 is 1.74 bits per heavy atom. The number of hydrogen-bond acceptors (Lipinski definition) is 6. The van der Waals surface area contributed by atoms with E-state index in [-0.39, 0.29) is 28.6 Å². The van der Waals surface area contributed by atoms with Crippen LogP contribution in [0, 0.1) is 0 Å². The highest BCUT2D eigenvalue weighted by Gasteiger charge is 2.48. The molecule has 1 aromatic heterocycles. The molecule has 0 saturated heterocycles. The van der Waals surface area contributed by atoms with Gasteiger partial charge in [-0.3, -0.25) is 4.98 Å². The van der Waals surface area contributed by atoms with Crippen molar-refractivity contribution in [3.63, 3.8) is 0 Å². The van der Waals surface area contributed by atoms with Gasteiger partial charge >= 0.3 is 15.6 Å². The summed E-state index contributed by atoms with van der Waals surface area (Å²) in [5.41, 5.74) is -4.63. The third-order valence-electron chi connectivity index (χ3n) is 4.01. The molecule has 0 radical (unpaired) electrons. The first-order valence-electron chi connectivity index (χ1n) is 8.62. The molecule has 0 saturated carbocycles. The molecule has 0 bridgehead atoms. The molecule has 1 heterocycles. The van der Waals surface area contributed by atoms with Crippen molar-refractivity contribution in [1.29, 1.82) is 0 Å². The molecule has 0 aliphatic rings. The van der Waals surface area contributed by atoms with Crippen LogP contribution in [0.15, 0.2) is 60.8 Å². The first-order valence-corrected chi connectivity index (χ1v) is 10.4. The van der Waals surface area contributed by atoms with E-state index in [9.17, 15) is 21.6 Å². The van der Waals surface area contributed by atoms with Gasteiger partial charge in [-0.2, -0.15) is 21.6 Å². The summed E-state index contributed by atoms with van der Waals surface area (Å²) in [5, 5.41) is 0.249. The lowest BCUT2D eigenvalue weighted by Gasteiger charge is -2.14. The molecule has 11 heteroatoms. The summed E-state index contributed by atoms with van der Waals surface area (Å²) < 4.78 is 76.0. The number of halogens is 4. The molecule has 0 N–H and O–H groups in total. The Bertz CT molecular complexity index is 1170. The van der Waals surface area contributed by atoms with Crippen LogP contribution in [0.3, 0.4) is 0 Å². The summed E-state index contributed by atoms with van der Waals surface area (Å²) in [4.78, 5) is 3.95. The molecule has 2 aromatic carbocycles. The highest BCUT2D eigenvalue weighted by Crippen LogP contribution is 2.36. The maximum Gasteiger partial charge on any atom is 0.534 e. The van der Waals surface area contributed by atoms with Gasteiger partial charge in [0.25, 0.3) is 0 Å². The monoisotopic (exact) mass is 473 g/mol. The van der Waals surface area contributed by atoms with Gasteiger partial charge < -0.3 is 13.7 Å². The van der Waals surface area contributed by atoms with Crippen LogP contribution in [-0.2, 0) is 16.7 Å². The summed E-state index contributed by atoms with van der Waals surface area (Å²) in [7, 11) is -4.31. The Morgan fingerprint density at radius 1 is 1.03 bits per heavy atom. The molecule has 0 atom stereocenters. The third kappa shape index (κ3) is 5.39. The highest BCUT2D eigenvalue weighted by atomic mass is 35.5. The first-order chi connectivity index (χ1) is 14.6. The van der Waals surface area contributed by atoms with Crippen LogP contribution >= 0.6 is 11.6 Å². The fraction of sp³-hybridized carbons (Fsp3) is 0.150. The molecule has 3 rings (SSSR count). The summed E-state index contributed by atoms with van der Waals surface area (Å²) >= 11 is 6.16. The van der Waals surface area contributed by atoms with Crippen LogP contribution in [0.1, 0.15) is 5.56 Å². The molecular weight excluding hydrogens is 459 g/mol. The molecule has 31 heavy (non-hydrogen) atoms. The second-order valence-electron chi connectivity index (χ2n) is 6.12. The zero-order valence-electron chi connectivity index (χ0n) is 15.9. The fourth-order valence-electron chi connectivity index (χ4n) is 2.48. The van der Waals surface area contributed by atoms with Crippen molar-refractivity contribution in [2.45, 2.75) is 12.1 Å². The van der Waals surface area contributed by atoms with Crippen LogP contribution in [0.2, 0.25) is 5.02 Å². The number of pyridine rings is 1. The summed E-state index contributed by atoms with van der Waals surface area (Å²) in [6, 6.07) is 13.8. The predicted molar refractivity (Wildman–Crippen MR) is 108 cm³/mol. The average Bonchev–Trinajstić information content (AvgIpc) is 2.73. The number of rotatable bonds is 7. The zero-order valence-corrected chi connectivity index (χ0v) is 17.5. The number of methoxy groups -OCH3 is 1. The minimum atomic E-state index is -5.86. The van der Waals surface area contributed by atoms with Gasteiger partial charge in [0.05, 0.1) is 12.1 Å². The molecule has 0 spiro atoms. The lowest BCUT2D eigenvalue weighted by molar-refractivity contribution is -0.0499. The van der Waals surface area contributed by atoms with Gasteiger partial charge in [-0.25, -0.2) is 0 Å². The van der Waals surface area contributed by atoms with Gasteiger partial charge in [-0.05, 0) is 42.0 Å². The Hall–Kier alpha value is -2.98.